The normalized spacial score (nSPS) is 9.75. The third kappa shape index (κ3) is 1.65. The lowest BCUT2D eigenvalue weighted by atomic mass is 10.5. The minimum absolute atomic E-state index is 0.00329. The fourth-order valence-electron chi connectivity index (χ4n) is 0.757. The zero-order valence-electron chi connectivity index (χ0n) is 6.21. The Balaban J connectivity index is 3.32. The summed E-state index contributed by atoms with van der Waals surface area (Å²) < 4.78 is 1.26. The summed E-state index contributed by atoms with van der Waals surface area (Å²) in [5, 5.41) is -0.00329. The van der Waals surface area contributed by atoms with E-state index in [0.29, 0.717) is 6.54 Å². The maximum Gasteiger partial charge on any atom is 0.328 e. The predicted octanol–water partition coefficient (Wildman–Crippen LogP) is 0.376. The largest absolute Gasteiger partial charge is 0.328 e. The van der Waals surface area contributed by atoms with Crippen LogP contribution in [0.25, 0.3) is 0 Å². The van der Waals surface area contributed by atoms with Crippen LogP contribution in [0, 0.1) is 0 Å². The van der Waals surface area contributed by atoms with Gasteiger partial charge in [0.25, 0.3) is 5.56 Å². The quantitative estimate of drug-likeness (QED) is 0.679. The first kappa shape index (κ1) is 8.80. The summed E-state index contributed by atoms with van der Waals surface area (Å²) in [6.45, 7) is 3.78. The summed E-state index contributed by atoms with van der Waals surface area (Å²) in [6, 6.07) is 0. The number of H-pyrrole nitrogens is 1. The van der Waals surface area contributed by atoms with E-state index in [0.717, 1.165) is 0 Å². The summed E-state index contributed by atoms with van der Waals surface area (Å²) in [4.78, 5) is 23.8. The zero-order chi connectivity index (χ0) is 9.14. The van der Waals surface area contributed by atoms with Crippen LogP contribution < -0.4 is 11.2 Å². The van der Waals surface area contributed by atoms with Gasteiger partial charge in [0, 0.05) is 12.7 Å². The van der Waals surface area contributed by atoms with Crippen LogP contribution in [-0.4, -0.2) is 9.55 Å². The second-order valence-electron chi connectivity index (χ2n) is 2.18. The van der Waals surface area contributed by atoms with Crippen molar-refractivity contribution in [3.63, 3.8) is 0 Å². The molecular formula is C7H7ClN2O2. The molecule has 1 rings (SSSR count). The van der Waals surface area contributed by atoms with Crippen molar-refractivity contribution < 1.29 is 0 Å². The van der Waals surface area contributed by atoms with Crippen LogP contribution in [0.1, 0.15) is 0 Å². The van der Waals surface area contributed by atoms with E-state index in [9.17, 15) is 9.59 Å². The van der Waals surface area contributed by atoms with E-state index in [2.05, 4.69) is 11.6 Å². The fourth-order valence-corrected chi connectivity index (χ4v) is 0.922. The molecule has 4 nitrogen and oxygen atoms in total. The van der Waals surface area contributed by atoms with Crippen LogP contribution in [0.3, 0.4) is 0 Å². The van der Waals surface area contributed by atoms with E-state index >= 15 is 0 Å². The third-order valence-electron chi connectivity index (χ3n) is 1.29. The van der Waals surface area contributed by atoms with E-state index in [1.165, 1.54) is 16.8 Å². The molecule has 0 saturated carbocycles. The van der Waals surface area contributed by atoms with Crippen molar-refractivity contribution >= 4 is 11.6 Å². The molecule has 0 amide bonds. The Morgan fingerprint density at radius 3 is 2.92 bits per heavy atom. The molecule has 0 aliphatic carbocycles. The summed E-state index contributed by atoms with van der Waals surface area (Å²) >= 11 is 5.48. The minimum Gasteiger partial charge on any atom is -0.295 e. The molecular weight excluding hydrogens is 180 g/mol. The molecule has 0 fully saturated rings. The topological polar surface area (TPSA) is 54.9 Å². The van der Waals surface area contributed by atoms with Gasteiger partial charge < -0.3 is 0 Å². The second-order valence-corrected chi connectivity index (χ2v) is 2.58. The molecule has 0 atom stereocenters. The molecule has 0 spiro atoms. The molecule has 0 bridgehead atoms. The molecule has 0 aromatic carbocycles. The first-order valence-electron chi connectivity index (χ1n) is 3.25. The summed E-state index contributed by atoms with van der Waals surface area (Å²) in [7, 11) is 0. The van der Waals surface area contributed by atoms with Gasteiger partial charge in [-0.3, -0.25) is 14.3 Å². The Morgan fingerprint density at radius 1 is 1.67 bits per heavy atom. The predicted molar refractivity (Wildman–Crippen MR) is 46.5 cm³/mol. The lowest BCUT2D eigenvalue weighted by Crippen LogP contribution is -2.29. The molecule has 1 heterocycles. The highest BCUT2D eigenvalue weighted by molar-refractivity contribution is 6.30. The van der Waals surface area contributed by atoms with Crippen molar-refractivity contribution in [2.45, 2.75) is 6.54 Å². The van der Waals surface area contributed by atoms with Crippen LogP contribution >= 0.6 is 11.6 Å². The molecule has 0 saturated heterocycles. The van der Waals surface area contributed by atoms with E-state index in [4.69, 9.17) is 11.6 Å². The minimum atomic E-state index is -0.568. The van der Waals surface area contributed by atoms with Gasteiger partial charge in [0.15, 0.2) is 0 Å². The number of nitrogens with zero attached hydrogens (tertiary/aromatic N) is 1. The molecule has 12 heavy (non-hydrogen) atoms. The molecule has 1 aromatic heterocycles. The smallest absolute Gasteiger partial charge is 0.295 e. The highest BCUT2D eigenvalue weighted by Crippen LogP contribution is 1.95. The monoisotopic (exact) mass is 186 g/mol. The van der Waals surface area contributed by atoms with Gasteiger partial charge >= 0.3 is 5.69 Å². The van der Waals surface area contributed by atoms with E-state index in [-0.39, 0.29) is 5.02 Å². The lowest BCUT2D eigenvalue weighted by Gasteiger charge is -1.99. The van der Waals surface area contributed by atoms with Crippen LogP contribution in [0.2, 0.25) is 5.02 Å². The Bertz CT molecular complexity index is 405. The number of hydrogen-bond donors (Lipinski definition) is 1. The number of halogens is 1. The number of rotatable bonds is 2. The number of aromatic nitrogens is 2. The van der Waals surface area contributed by atoms with Gasteiger partial charge in [-0.05, 0) is 0 Å². The maximum atomic E-state index is 11.0. The summed E-state index contributed by atoms with van der Waals surface area (Å²) in [6.07, 6.45) is 2.82. The fraction of sp³-hybridized carbons (Fsp3) is 0.143. The zero-order valence-corrected chi connectivity index (χ0v) is 6.97. The highest BCUT2D eigenvalue weighted by atomic mass is 35.5. The van der Waals surface area contributed by atoms with Crippen molar-refractivity contribution in [2.24, 2.45) is 0 Å². The molecule has 5 heteroatoms. The second kappa shape index (κ2) is 3.40. The number of allylic oxidation sites excluding steroid dienone is 1. The average Bonchev–Trinajstić information content (AvgIpc) is 2.01. The van der Waals surface area contributed by atoms with Gasteiger partial charge in [-0.25, -0.2) is 4.79 Å². The van der Waals surface area contributed by atoms with Crippen molar-refractivity contribution in [3.05, 3.63) is 44.7 Å². The first-order chi connectivity index (χ1) is 5.65. The average molecular weight is 187 g/mol. The van der Waals surface area contributed by atoms with Gasteiger partial charge in [-0.15, -0.1) is 6.58 Å². The van der Waals surface area contributed by atoms with E-state index in [1.807, 2.05) is 0 Å². The Hall–Kier alpha value is -1.29. The van der Waals surface area contributed by atoms with E-state index < -0.39 is 11.2 Å². The van der Waals surface area contributed by atoms with Crippen molar-refractivity contribution in [1.29, 1.82) is 0 Å². The number of aromatic amines is 1. The Morgan fingerprint density at radius 2 is 2.33 bits per heavy atom. The first-order valence-corrected chi connectivity index (χ1v) is 3.63. The van der Waals surface area contributed by atoms with E-state index in [1.54, 1.807) is 0 Å². The van der Waals surface area contributed by atoms with Crippen LogP contribution in [0.4, 0.5) is 0 Å². The molecule has 0 aliphatic heterocycles. The number of hydrogen-bond acceptors (Lipinski definition) is 2. The molecule has 64 valence electrons. The molecule has 0 unspecified atom stereocenters. The van der Waals surface area contributed by atoms with Gasteiger partial charge in [0.05, 0.1) is 0 Å². The molecule has 0 aliphatic rings. The van der Waals surface area contributed by atoms with Crippen molar-refractivity contribution in [2.75, 3.05) is 0 Å². The summed E-state index contributed by atoms with van der Waals surface area (Å²) in [5.74, 6) is 0. The standard InChI is InChI=1S/C7H7ClN2O2/c1-2-3-10-4-5(8)6(11)9-7(10)12/h2,4H,1,3H2,(H,9,11,12). The molecule has 1 aromatic rings. The van der Waals surface area contributed by atoms with Crippen molar-refractivity contribution in [1.82, 2.24) is 9.55 Å². The lowest BCUT2D eigenvalue weighted by molar-refractivity contribution is 0.737. The van der Waals surface area contributed by atoms with Gasteiger partial charge in [0.2, 0.25) is 0 Å². The van der Waals surface area contributed by atoms with Crippen molar-refractivity contribution in [3.8, 4) is 0 Å². The SMILES string of the molecule is C=CCn1cc(Cl)c(=O)[nH]c1=O. The third-order valence-corrected chi connectivity index (χ3v) is 1.56. The van der Waals surface area contributed by atoms with Crippen LogP contribution in [0.15, 0.2) is 28.4 Å². The summed E-state index contributed by atoms with van der Waals surface area (Å²) in [5.41, 5.74) is -1.05. The van der Waals surface area contributed by atoms with Gasteiger partial charge in [0.1, 0.15) is 5.02 Å². The molecule has 0 radical (unpaired) electrons. The molecule has 1 N–H and O–H groups in total. The van der Waals surface area contributed by atoms with Gasteiger partial charge in [-0.1, -0.05) is 17.7 Å². The Labute approximate surface area is 73.1 Å². The Kier molecular flexibility index (Phi) is 2.50. The number of nitrogens with one attached hydrogen (secondary N) is 1. The van der Waals surface area contributed by atoms with Crippen LogP contribution in [-0.2, 0) is 6.54 Å². The highest BCUT2D eigenvalue weighted by Gasteiger charge is 1.99. The van der Waals surface area contributed by atoms with Gasteiger partial charge in [-0.2, -0.15) is 0 Å². The van der Waals surface area contributed by atoms with Crippen LogP contribution in [0.5, 0.6) is 0 Å². The maximum absolute atomic E-state index is 11.0.